The van der Waals surface area contributed by atoms with E-state index in [4.69, 9.17) is 4.74 Å². The van der Waals surface area contributed by atoms with Gasteiger partial charge in [-0.05, 0) is 25.0 Å². The largest absolute Gasteiger partial charge is 0.385 e. The van der Waals surface area contributed by atoms with Crippen molar-refractivity contribution in [2.75, 3.05) is 31.3 Å². The molecule has 0 aromatic carbocycles. The van der Waals surface area contributed by atoms with Gasteiger partial charge in [0.2, 0.25) is 5.95 Å². The van der Waals surface area contributed by atoms with Gasteiger partial charge in [0.15, 0.2) is 0 Å². The molecule has 1 aliphatic rings. The van der Waals surface area contributed by atoms with Gasteiger partial charge in [0, 0.05) is 44.4 Å². The molecule has 17 heavy (non-hydrogen) atoms. The fourth-order valence-electron chi connectivity index (χ4n) is 2.05. The normalized spacial score (nSPS) is 19.7. The molecule has 96 valence electrons. The van der Waals surface area contributed by atoms with Crippen molar-refractivity contribution in [1.29, 1.82) is 0 Å². The van der Waals surface area contributed by atoms with Crippen molar-refractivity contribution in [2.24, 2.45) is 0 Å². The van der Waals surface area contributed by atoms with E-state index in [0.717, 1.165) is 37.3 Å². The van der Waals surface area contributed by atoms with Crippen LogP contribution in [0.3, 0.4) is 0 Å². The Bertz CT molecular complexity index is 323. The van der Waals surface area contributed by atoms with Crippen molar-refractivity contribution in [3.8, 4) is 0 Å². The highest BCUT2D eigenvalue weighted by atomic mass is 32.2. The van der Waals surface area contributed by atoms with Gasteiger partial charge in [-0.3, -0.25) is 0 Å². The van der Waals surface area contributed by atoms with Crippen LogP contribution in [-0.2, 0) is 11.3 Å². The summed E-state index contributed by atoms with van der Waals surface area (Å²) in [7, 11) is 1.73. The molecule has 1 fully saturated rings. The molecule has 2 heterocycles. The lowest BCUT2D eigenvalue weighted by atomic mass is 10.2. The highest BCUT2D eigenvalue weighted by molar-refractivity contribution is 8.00. The zero-order valence-corrected chi connectivity index (χ0v) is 11.2. The van der Waals surface area contributed by atoms with E-state index >= 15 is 0 Å². The molecule has 4 nitrogen and oxygen atoms in total. The van der Waals surface area contributed by atoms with E-state index in [2.05, 4.69) is 32.8 Å². The maximum absolute atomic E-state index is 5.03. The molecule has 1 saturated heterocycles. The van der Waals surface area contributed by atoms with Crippen LogP contribution in [0.25, 0.3) is 0 Å². The molecule has 2 rings (SSSR count). The Labute approximate surface area is 107 Å². The number of ether oxygens (including phenoxy) is 1. The number of methoxy groups -OCH3 is 1. The SMILES string of the molecule is COCCCNc1nccn1CC1CCCS1. The van der Waals surface area contributed by atoms with E-state index in [-0.39, 0.29) is 0 Å². The van der Waals surface area contributed by atoms with E-state index in [9.17, 15) is 0 Å². The summed E-state index contributed by atoms with van der Waals surface area (Å²) < 4.78 is 7.26. The van der Waals surface area contributed by atoms with E-state index in [0.29, 0.717) is 0 Å². The second kappa shape index (κ2) is 6.91. The molecule has 1 aromatic rings. The van der Waals surface area contributed by atoms with Crippen LogP contribution in [0.1, 0.15) is 19.3 Å². The second-order valence-electron chi connectivity index (χ2n) is 4.31. The summed E-state index contributed by atoms with van der Waals surface area (Å²) in [5, 5.41) is 4.13. The van der Waals surface area contributed by atoms with Gasteiger partial charge < -0.3 is 14.6 Å². The van der Waals surface area contributed by atoms with Crippen LogP contribution in [0.5, 0.6) is 0 Å². The summed E-state index contributed by atoms with van der Waals surface area (Å²) in [5.41, 5.74) is 0. The first-order chi connectivity index (χ1) is 8.40. The van der Waals surface area contributed by atoms with Crippen LogP contribution in [0.15, 0.2) is 12.4 Å². The highest BCUT2D eigenvalue weighted by Gasteiger charge is 2.17. The summed E-state index contributed by atoms with van der Waals surface area (Å²) >= 11 is 2.08. The lowest BCUT2D eigenvalue weighted by Gasteiger charge is -2.13. The van der Waals surface area contributed by atoms with E-state index in [1.807, 2.05) is 6.20 Å². The second-order valence-corrected chi connectivity index (χ2v) is 5.72. The minimum Gasteiger partial charge on any atom is -0.385 e. The van der Waals surface area contributed by atoms with Gasteiger partial charge in [0.1, 0.15) is 0 Å². The molecule has 0 aliphatic carbocycles. The Morgan fingerprint density at radius 2 is 2.59 bits per heavy atom. The summed E-state index contributed by atoms with van der Waals surface area (Å²) in [5.74, 6) is 2.31. The zero-order chi connectivity index (χ0) is 11.9. The zero-order valence-electron chi connectivity index (χ0n) is 10.4. The van der Waals surface area contributed by atoms with E-state index < -0.39 is 0 Å². The third-order valence-electron chi connectivity index (χ3n) is 2.95. The fourth-order valence-corrected chi connectivity index (χ4v) is 3.31. The number of thioether (sulfide) groups is 1. The standard InChI is InChI=1S/C12H21N3OS/c1-16-8-3-5-13-12-14-6-7-15(12)10-11-4-2-9-17-11/h6-7,11H,2-5,8-10H2,1H3,(H,13,14). The van der Waals surface area contributed by atoms with Crippen LogP contribution in [-0.4, -0.2) is 40.8 Å². The van der Waals surface area contributed by atoms with Gasteiger partial charge in [-0.1, -0.05) is 0 Å². The molecule has 1 N–H and O–H groups in total. The Kier molecular flexibility index (Phi) is 5.19. The topological polar surface area (TPSA) is 39.1 Å². The van der Waals surface area contributed by atoms with Crippen LogP contribution in [0.4, 0.5) is 5.95 Å². The number of hydrogen-bond donors (Lipinski definition) is 1. The Morgan fingerprint density at radius 3 is 3.35 bits per heavy atom. The number of hydrogen-bond acceptors (Lipinski definition) is 4. The molecule has 5 heteroatoms. The quantitative estimate of drug-likeness (QED) is 0.758. The average molecular weight is 255 g/mol. The molecule has 1 atom stereocenters. The molecule has 0 saturated carbocycles. The third kappa shape index (κ3) is 3.92. The van der Waals surface area contributed by atoms with Gasteiger partial charge in [-0.25, -0.2) is 4.98 Å². The molecular weight excluding hydrogens is 234 g/mol. The molecule has 0 spiro atoms. The highest BCUT2D eigenvalue weighted by Crippen LogP contribution is 2.28. The maximum Gasteiger partial charge on any atom is 0.202 e. The van der Waals surface area contributed by atoms with Gasteiger partial charge in [-0.2, -0.15) is 11.8 Å². The number of nitrogens with zero attached hydrogens (tertiary/aromatic N) is 2. The van der Waals surface area contributed by atoms with E-state index in [1.54, 1.807) is 7.11 Å². The predicted octanol–water partition coefficient (Wildman–Crippen LogP) is 2.23. The van der Waals surface area contributed by atoms with Crippen molar-refractivity contribution in [1.82, 2.24) is 9.55 Å². The lowest BCUT2D eigenvalue weighted by molar-refractivity contribution is 0.197. The number of rotatable bonds is 7. The van der Waals surface area contributed by atoms with Crippen LogP contribution >= 0.6 is 11.8 Å². The van der Waals surface area contributed by atoms with Crippen LogP contribution < -0.4 is 5.32 Å². The van der Waals surface area contributed by atoms with Gasteiger partial charge in [-0.15, -0.1) is 0 Å². The predicted molar refractivity (Wildman–Crippen MR) is 72.7 cm³/mol. The van der Waals surface area contributed by atoms with Crippen molar-refractivity contribution in [2.45, 2.75) is 31.1 Å². The maximum atomic E-state index is 5.03. The van der Waals surface area contributed by atoms with Crippen molar-refractivity contribution in [3.63, 3.8) is 0 Å². The van der Waals surface area contributed by atoms with Crippen molar-refractivity contribution in [3.05, 3.63) is 12.4 Å². The van der Waals surface area contributed by atoms with Crippen LogP contribution in [0.2, 0.25) is 0 Å². The first-order valence-corrected chi connectivity index (χ1v) is 7.30. The van der Waals surface area contributed by atoms with E-state index in [1.165, 1.54) is 18.6 Å². The molecular formula is C12H21N3OS. The van der Waals surface area contributed by atoms with Gasteiger partial charge >= 0.3 is 0 Å². The van der Waals surface area contributed by atoms with Gasteiger partial charge in [0.05, 0.1) is 0 Å². The third-order valence-corrected chi connectivity index (χ3v) is 4.33. The molecule has 0 radical (unpaired) electrons. The number of imidazole rings is 1. The Hall–Kier alpha value is -0.680. The van der Waals surface area contributed by atoms with Crippen LogP contribution in [0, 0.1) is 0 Å². The molecule has 1 unspecified atom stereocenters. The van der Waals surface area contributed by atoms with Crippen molar-refractivity contribution < 1.29 is 4.74 Å². The lowest BCUT2D eigenvalue weighted by Crippen LogP contribution is -2.14. The molecule has 0 bridgehead atoms. The smallest absolute Gasteiger partial charge is 0.202 e. The van der Waals surface area contributed by atoms with Crippen molar-refractivity contribution >= 4 is 17.7 Å². The molecule has 1 aliphatic heterocycles. The number of anilines is 1. The minimum absolute atomic E-state index is 0.767. The summed E-state index contributed by atoms with van der Waals surface area (Å²) in [6.07, 6.45) is 7.66. The number of nitrogens with one attached hydrogen (secondary N) is 1. The minimum atomic E-state index is 0.767. The Balaban J connectivity index is 1.79. The Morgan fingerprint density at radius 1 is 1.65 bits per heavy atom. The monoisotopic (exact) mass is 255 g/mol. The average Bonchev–Trinajstić information content (AvgIpc) is 2.97. The molecule has 1 aromatic heterocycles. The number of aromatic nitrogens is 2. The summed E-state index contributed by atoms with van der Waals surface area (Å²) in [6.45, 7) is 2.80. The fraction of sp³-hybridized carbons (Fsp3) is 0.750. The summed E-state index contributed by atoms with van der Waals surface area (Å²) in [4.78, 5) is 4.36. The first-order valence-electron chi connectivity index (χ1n) is 6.25. The first kappa shape index (κ1) is 12.8. The molecule has 0 amide bonds. The summed E-state index contributed by atoms with van der Waals surface area (Å²) in [6, 6.07) is 0. The van der Waals surface area contributed by atoms with Gasteiger partial charge in [0.25, 0.3) is 0 Å².